The van der Waals surface area contributed by atoms with Gasteiger partial charge in [-0.2, -0.15) is 12.8 Å². The van der Waals surface area contributed by atoms with Crippen molar-refractivity contribution in [3.63, 3.8) is 0 Å². The molecule has 2 nitrogen and oxygen atoms in total. The fraction of sp³-hybridized carbons (Fsp3) is 0.714. The Kier molecular flexibility index (Phi) is 15.9. The van der Waals surface area contributed by atoms with Gasteiger partial charge in [0, 0.05) is 0 Å². The van der Waals surface area contributed by atoms with Gasteiger partial charge < -0.3 is 11.5 Å². The zero-order chi connectivity index (χ0) is 6.95. The van der Waals surface area contributed by atoms with Crippen molar-refractivity contribution < 1.29 is 39.5 Å². The summed E-state index contributed by atoms with van der Waals surface area (Å²) in [5, 5.41) is 6.89. The van der Waals surface area contributed by atoms with Gasteiger partial charge in [-0.3, -0.25) is 4.79 Å². The van der Waals surface area contributed by atoms with Crippen LogP contribution < -0.4 is 29.6 Å². The zero-order valence-electron chi connectivity index (χ0n) is 6.55. The van der Waals surface area contributed by atoms with Crippen LogP contribution in [0.4, 0.5) is 0 Å². The summed E-state index contributed by atoms with van der Waals surface area (Å²) in [5.74, 6) is 0. The molecule has 0 amide bonds. The predicted octanol–water partition coefficient (Wildman–Crippen LogP) is -1.14. The Bertz CT molecular complexity index is 51.1. The van der Waals surface area contributed by atoms with Gasteiger partial charge in [0.1, 0.15) is 0 Å². The Morgan fingerprint density at radius 3 is 1.70 bits per heavy atom. The molecule has 1 fully saturated rings. The van der Waals surface area contributed by atoms with Crippen LogP contribution in [0, 0.1) is 6.42 Å². The molecule has 1 aliphatic rings. The molecular formula is C7H13NaO2. The second-order valence-corrected chi connectivity index (χ2v) is 2.03. The molecular weight excluding hydrogens is 139 g/mol. The number of hydrogen-bond donors (Lipinski definition) is 1. The van der Waals surface area contributed by atoms with Crippen LogP contribution in [0.15, 0.2) is 0 Å². The summed E-state index contributed by atoms with van der Waals surface area (Å²) in [4.78, 5) is 8.36. The van der Waals surface area contributed by atoms with Gasteiger partial charge in [-0.15, -0.1) is 0 Å². The molecule has 0 saturated heterocycles. The molecule has 54 valence electrons. The molecule has 1 aliphatic carbocycles. The molecule has 3 heteroatoms. The summed E-state index contributed by atoms with van der Waals surface area (Å²) in [5.41, 5.74) is 0. The monoisotopic (exact) mass is 152 g/mol. The van der Waals surface area contributed by atoms with Gasteiger partial charge in [0.05, 0.1) is 0 Å². The van der Waals surface area contributed by atoms with Crippen LogP contribution in [-0.4, -0.2) is 11.6 Å². The van der Waals surface area contributed by atoms with Crippen molar-refractivity contribution in [1.82, 2.24) is 0 Å². The quantitative estimate of drug-likeness (QED) is 0.270. The predicted molar refractivity (Wildman–Crippen MR) is 36.1 cm³/mol. The zero-order valence-corrected chi connectivity index (χ0v) is 8.55. The van der Waals surface area contributed by atoms with Crippen LogP contribution in [0.3, 0.4) is 0 Å². The molecule has 0 atom stereocenters. The van der Waals surface area contributed by atoms with Gasteiger partial charge >= 0.3 is 29.6 Å². The van der Waals surface area contributed by atoms with Crippen LogP contribution in [0.2, 0.25) is 0 Å². The first-order valence-corrected chi connectivity index (χ1v) is 3.31. The summed E-state index contributed by atoms with van der Waals surface area (Å²) < 4.78 is 0. The third-order valence-electron chi connectivity index (χ3n) is 1.32. The molecule has 0 aromatic rings. The molecule has 0 unspecified atom stereocenters. The first-order valence-electron chi connectivity index (χ1n) is 3.31. The largest absolute Gasteiger partial charge is 1.00 e. The van der Waals surface area contributed by atoms with E-state index in [1.807, 2.05) is 0 Å². The Morgan fingerprint density at radius 2 is 1.60 bits per heavy atom. The Hall–Kier alpha value is 0.470. The van der Waals surface area contributed by atoms with Crippen molar-refractivity contribution >= 4 is 6.47 Å². The maximum Gasteiger partial charge on any atom is 1.00 e. The Balaban J connectivity index is 0. The van der Waals surface area contributed by atoms with Crippen molar-refractivity contribution in [2.45, 2.75) is 32.1 Å². The average molecular weight is 152 g/mol. The van der Waals surface area contributed by atoms with E-state index < -0.39 is 0 Å². The van der Waals surface area contributed by atoms with E-state index in [2.05, 4.69) is 6.42 Å². The summed E-state index contributed by atoms with van der Waals surface area (Å²) in [6, 6.07) is 0. The number of carbonyl (C=O) groups is 1. The van der Waals surface area contributed by atoms with E-state index in [1.54, 1.807) is 0 Å². The smallest absolute Gasteiger partial charge is 0.483 e. The molecule has 0 radical (unpaired) electrons. The maximum atomic E-state index is 8.36. The van der Waals surface area contributed by atoms with Crippen molar-refractivity contribution in [2.75, 3.05) is 0 Å². The van der Waals surface area contributed by atoms with E-state index in [1.165, 1.54) is 32.1 Å². The summed E-state index contributed by atoms with van der Waals surface area (Å²) in [6.07, 6.45) is 9.50. The van der Waals surface area contributed by atoms with Crippen molar-refractivity contribution in [3.05, 3.63) is 6.42 Å². The Labute approximate surface area is 84.3 Å². The van der Waals surface area contributed by atoms with Crippen molar-refractivity contribution in [2.24, 2.45) is 0 Å². The average Bonchev–Trinajstić information content (AvgIpc) is 1.93. The Morgan fingerprint density at radius 1 is 1.20 bits per heavy atom. The number of carboxylic acid groups (broad SMARTS) is 1. The second-order valence-electron chi connectivity index (χ2n) is 2.03. The molecule has 0 bridgehead atoms. The van der Waals surface area contributed by atoms with Gasteiger partial charge in [-0.1, -0.05) is 19.3 Å². The topological polar surface area (TPSA) is 37.3 Å². The van der Waals surface area contributed by atoms with Crippen molar-refractivity contribution in [3.8, 4) is 0 Å². The SMILES string of the molecule is O=CO.[CH-]1CCCCC1.[Na+]. The fourth-order valence-corrected chi connectivity index (χ4v) is 0.898. The molecule has 0 heterocycles. The summed E-state index contributed by atoms with van der Waals surface area (Å²) in [6.45, 7) is -0.250. The second kappa shape index (κ2) is 12.2. The molecule has 1 N–H and O–H groups in total. The van der Waals surface area contributed by atoms with Gasteiger partial charge in [-0.25, -0.2) is 0 Å². The molecule has 1 rings (SSSR count). The van der Waals surface area contributed by atoms with E-state index in [0.717, 1.165) is 0 Å². The van der Waals surface area contributed by atoms with E-state index in [0.29, 0.717) is 0 Å². The minimum atomic E-state index is -0.250. The summed E-state index contributed by atoms with van der Waals surface area (Å²) >= 11 is 0. The molecule has 0 aromatic carbocycles. The van der Waals surface area contributed by atoms with Crippen LogP contribution in [0.25, 0.3) is 0 Å². The van der Waals surface area contributed by atoms with Gasteiger partial charge in [-0.05, 0) is 0 Å². The molecule has 1 saturated carbocycles. The standard InChI is InChI=1S/C6H11.CH2O2.Na/c1-2-4-6-5-3-1;2-1-3;/h1H,2-6H2;1H,(H,2,3);/q-1;;+1. The third kappa shape index (κ3) is 11.3. The van der Waals surface area contributed by atoms with Crippen LogP contribution in [0.5, 0.6) is 0 Å². The number of hydrogen-bond acceptors (Lipinski definition) is 1. The minimum Gasteiger partial charge on any atom is -0.483 e. The van der Waals surface area contributed by atoms with Crippen LogP contribution in [-0.2, 0) is 4.79 Å². The van der Waals surface area contributed by atoms with Gasteiger partial charge in [0.25, 0.3) is 6.47 Å². The minimum absolute atomic E-state index is 0. The van der Waals surface area contributed by atoms with Crippen molar-refractivity contribution in [1.29, 1.82) is 0 Å². The van der Waals surface area contributed by atoms with E-state index >= 15 is 0 Å². The van der Waals surface area contributed by atoms with Crippen LogP contribution in [0.1, 0.15) is 32.1 Å². The first kappa shape index (κ1) is 13.1. The normalized spacial score (nSPS) is 15.6. The maximum absolute atomic E-state index is 8.36. The van der Waals surface area contributed by atoms with E-state index in [4.69, 9.17) is 9.90 Å². The molecule has 0 aromatic heterocycles. The van der Waals surface area contributed by atoms with E-state index in [-0.39, 0.29) is 36.0 Å². The number of rotatable bonds is 0. The summed E-state index contributed by atoms with van der Waals surface area (Å²) in [7, 11) is 0. The van der Waals surface area contributed by atoms with Crippen LogP contribution >= 0.6 is 0 Å². The van der Waals surface area contributed by atoms with Gasteiger partial charge in [0.15, 0.2) is 0 Å². The fourth-order valence-electron chi connectivity index (χ4n) is 0.898. The first-order chi connectivity index (χ1) is 4.41. The molecule has 0 aliphatic heterocycles. The van der Waals surface area contributed by atoms with Gasteiger partial charge in [0.2, 0.25) is 0 Å². The molecule has 0 spiro atoms. The molecule has 10 heavy (non-hydrogen) atoms. The van der Waals surface area contributed by atoms with E-state index in [9.17, 15) is 0 Å². The third-order valence-corrected chi connectivity index (χ3v) is 1.32.